The van der Waals surface area contributed by atoms with Crippen LogP contribution in [0.1, 0.15) is 38.5 Å². The van der Waals surface area contributed by atoms with Crippen molar-refractivity contribution in [1.29, 1.82) is 0 Å². The third-order valence-electron chi connectivity index (χ3n) is 5.06. The van der Waals surface area contributed by atoms with Crippen LogP contribution in [0.4, 0.5) is 11.6 Å². The summed E-state index contributed by atoms with van der Waals surface area (Å²) in [5.74, 6) is -0.788. The van der Waals surface area contributed by atoms with Crippen molar-refractivity contribution in [3.63, 3.8) is 0 Å². The summed E-state index contributed by atoms with van der Waals surface area (Å²) in [7, 11) is 0. The molecule has 3 N–H and O–H groups in total. The van der Waals surface area contributed by atoms with Gasteiger partial charge in [-0.05, 0) is 31.0 Å². The molecule has 1 saturated carbocycles. The topological polar surface area (TPSA) is 116 Å². The third-order valence-corrected chi connectivity index (χ3v) is 5.30. The molecule has 0 atom stereocenters. The van der Waals surface area contributed by atoms with E-state index in [1.165, 1.54) is 0 Å². The number of H-pyrrole nitrogens is 1. The molecule has 0 unspecified atom stereocenters. The van der Waals surface area contributed by atoms with Crippen molar-refractivity contribution >= 4 is 40.6 Å². The third kappa shape index (κ3) is 4.37. The molecule has 1 aliphatic carbocycles. The zero-order valence-corrected chi connectivity index (χ0v) is 16.4. The molecular weight excluding hydrogens is 394 g/mol. The lowest BCUT2D eigenvalue weighted by Crippen LogP contribution is -2.51. The van der Waals surface area contributed by atoms with E-state index in [0.29, 0.717) is 10.7 Å². The number of aromatic amines is 1. The van der Waals surface area contributed by atoms with Crippen molar-refractivity contribution in [2.75, 3.05) is 5.32 Å². The van der Waals surface area contributed by atoms with Gasteiger partial charge in [-0.1, -0.05) is 36.9 Å². The molecule has 1 aromatic carbocycles. The van der Waals surface area contributed by atoms with Crippen LogP contribution in [0.2, 0.25) is 5.02 Å². The first-order chi connectivity index (χ1) is 14.0. The van der Waals surface area contributed by atoms with Gasteiger partial charge in [0.15, 0.2) is 5.49 Å². The first-order valence-corrected chi connectivity index (χ1v) is 9.96. The fraction of sp³-hybridized carbons (Fsp3) is 0.350. The van der Waals surface area contributed by atoms with Crippen molar-refractivity contribution in [2.24, 2.45) is 4.99 Å². The van der Waals surface area contributed by atoms with Gasteiger partial charge < -0.3 is 10.6 Å². The first kappa shape index (κ1) is 19.3. The Morgan fingerprint density at radius 1 is 1.17 bits per heavy atom. The number of fused-ring (bicyclic) bond motifs is 1. The molecule has 2 amide bonds. The van der Waals surface area contributed by atoms with Crippen LogP contribution >= 0.6 is 11.6 Å². The van der Waals surface area contributed by atoms with Crippen LogP contribution in [0.15, 0.2) is 34.1 Å². The summed E-state index contributed by atoms with van der Waals surface area (Å²) >= 11 is 5.97. The highest BCUT2D eigenvalue weighted by molar-refractivity contribution is 6.30. The molecule has 0 saturated heterocycles. The Morgan fingerprint density at radius 3 is 2.72 bits per heavy atom. The number of carbonyl (C=O) groups is 2. The molecule has 2 aliphatic rings. The summed E-state index contributed by atoms with van der Waals surface area (Å²) in [4.78, 5) is 48.3. The number of aromatic nitrogens is 2. The van der Waals surface area contributed by atoms with Gasteiger partial charge >= 0.3 is 0 Å². The Hall–Kier alpha value is -3.00. The molecule has 1 aromatic heterocycles. The van der Waals surface area contributed by atoms with Crippen LogP contribution in [-0.2, 0) is 9.59 Å². The SMILES string of the molecule is O=C1CC(C(=O)NC2CCCCC2)=c2c(nc(Nc3cccc(Cl)c3)[nH]c2=O)=N1. The minimum absolute atomic E-state index is 0.0505. The van der Waals surface area contributed by atoms with Gasteiger partial charge in [-0.15, -0.1) is 0 Å². The first-order valence-electron chi connectivity index (χ1n) is 9.58. The highest BCUT2D eigenvalue weighted by Crippen LogP contribution is 2.19. The lowest BCUT2D eigenvalue weighted by molar-refractivity contribution is -0.120. The summed E-state index contributed by atoms with van der Waals surface area (Å²) in [6, 6.07) is 6.95. The molecule has 9 heteroatoms. The van der Waals surface area contributed by atoms with E-state index < -0.39 is 17.4 Å². The highest BCUT2D eigenvalue weighted by atomic mass is 35.5. The van der Waals surface area contributed by atoms with Crippen molar-refractivity contribution in [1.82, 2.24) is 15.3 Å². The van der Waals surface area contributed by atoms with Crippen LogP contribution in [0.3, 0.4) is 0 Å². The van der Waals surface area contributed by atoms with Gasteiger partial charge in [0.2, 0.25) is 11.9 Å². The second kappa shape index (κ2) is 8.16. The molecular formula is C20H20ClN5O3. The van der Waals surface area contributed by atoms with E-state index in [1.54, 1.807) is 24.3 Å². The molecule has 4 rings (SSSR count). The van der Waals surface area contributed by atoms with Crippen LogP contribution < -0.4 is 26.9 Å². The number of rotatable bonds is 4. The highest BCUT2D eigenvalue weighted by Gasteiger charge is 2.24. The summed E-state index contributed by atoms with van der Waals surface area (Å²) in [6.07, 6.45) is 4.88. The largest absolute Gasteiger partial charge is 0.350 e. The summed E-state index contributed by atoms with van der Waals surface area (Å²) in [5, 5.41) is 6.45. The van der Waals surface area contributed by atoms with E-state index in [-0.39, 0.29) is 34.7 Å². The van der Waals surface area contributed by atoms with Gasteiger partial charge in [-0.3, -0.25) is 19.4 Å². The number of amides is 2. The second-order valence-electron chi connectivity index (χ2n) is 7.22. The Kier molecular flexibility index (Phi) is 5.44. The number of nitrogens with zero attached hydrogens (tertiary/aromatic N) is 2. The van der Waals surface area contributed by atoms with Crippen LogP contribution in [0.5, 0.6) is 0 Å². The Labute approximate surface area is 171 Å². The number of nitrogens with one attached hydrogen (secondary N) is 3. The lowest BCUT2D eigenvalue weighted by Gasteiger charge is -2.23. The zero-order chi connectivity index (χ0) is 20.4. The van der Waals surface area contributed by atoms with Gasteiger partial charge in [-0.2, -0.15) is 9.98 Å². The molecule has 0 spiro atoms. The van der Waals surface area contributed by atoms with Crippen molar-refractivity contribution in [3.8, 4) is 0 Å². The maximum absolute atomic E-state index is 12.8. The number of carbonyl (C=O) groups excluding carboxylic acids is 2. The van der Waals surface area contributed by atoms with Crippen molar-refractivity contribution < 1.29 is 9.59 Å². The fourth-order valence-electron chi connectivity index (χ4n) is 3.69. The van der Waals surface area contributed by atoms with E-state index in [1.807, 2.05) is 0 Å². The second-order valence-corrected chi connectivity index (χ2v) is 7.65. The number of benzene rings is 1. The maximum atomic E-state index is 12.8. The van der Waals surface area contributed by atoms with E-state index in [0.717, 1.165) is 32.1 Å². The molecule has 0 bridgehead atoms. The van der Waals surface area contributed by atoms with E-state index >= 15 is 0 Å². The molecule has 1 aliphatic heterocycles. The number of hydrogen-bond donors (Lipinski definition) is 3. The van der Waals surface area contributed by atoms with E-state index in [9.17, 15) is 14.4 Å². The molecule has 0 radical (unpaired) electrons. The minimum atomic E-state index is -0.524. The van der Waals surface area contributed by atoms with Gasteiger partial charge in [-0.25, -0.2) is 0 Å². The van der Waals surface area contributed by atoms with Crippen LogP contribution in [0.25, 0.3) is 5.57 Å². The minimum Gasteiger partial charge on any atom is -0.350 e. The molecule has 150 valence electrons. The summed E-state index contributed by atoms with van der Waals surface area (Å²) < 4.78 is 0. The molecule has 1 fully saturated rings. The van der Waals surface area contributed by atoms with Crippen LogP contribution in [0, 0.1) is 0 Å². The Morgan fingerprint density at radius 2 is 1.97 bits per heavy atom. The number of anilines is 2. The van der Waals surface area contributed by atoms with E-state index in [2.05, 4.69) is 25.6 Å². The quantitative estimate of drug-likeness (QED) is 0.699. The van der Waals surface area contributed by atoms with Crippen molar-refractivity contribution in [3.05, 3.63) is 50.3 Å². The number of halogens is 1. The molecule has 2 heterocycles. The van der Waals surface area contributed by atoms with Crippen molar-refractivity contribution in [2.45, 2.75) is 44.6 Å². The standard InChI is InChI=1S/C20H20ClN5O3/c21-11-5-4-8-13(9-11)23-20-25-17-16(19(29)26-20)14(10-15(27)24-17)18(28)22-12-6-2-1-3-7-12/h4-5,8-9,12H,1-3,6-7,10H2,(H,22,28)(H2,23,24,25,26,27,29). The Bertz CT molecular complexity index is 1150. The average molecular weight is 414 g/mol. The molecule has 2 aromatic rings. The molecule has 29 heavy (non-hydrogen) atoms. The predicted octanol–water partition coefficient (Wildman–Crippen LogP) is 1.32. The maximum Gasteiger partial charge on any atom is 0.262 e. The fourth-order valence-corrected chi connectivity index (χ4v) is 3.88. The van der Waals surface area contributed by atoms with Gasteiger partial charge in [0, 0.05) is 22.3 Å². The summed E-state index contributed by atoms with van der Waals surface area (Å²) in [6.45, 7) is 0. The molecule has 8 nitrogen and oxygen atoms in total. The zero-order valence-electron chi connectivity index (χ0n) is 15.6. The monoisotopic (exact) mass is 413 g/mol. The van der Waals surface area contributed by atoms with Crippen LogP contribution in [-0.4, -0.2) is 27.8 Å². The average Bonchev–Trinajstić information content (AvgIpc) is 2.67. The van der Waals surface area contributed by atoms with Gasteiger partial charge in [0.1, 0.15) is 0 Å². The summed E-state index contributed by atoms with van der Waals surface area (Å²) in [5.41, 5.74) is 0.156. The van der Waals surface area contributed by atoms with Gasteiger partial charge in [0.05, 0.1) is 11.6 Å². The Balaban J connectivity index is 1.70. The normalized spacial score (nSPS) is 16.7. The van der Waals surface area contributed by atoms with Gasteiger partial charge in [0.25, 0.3) is 11.5 Å². The number of hydrogen-bond acceptors (Lipinski definition) is 5. The lowest BCUT2D eigenvalue weighted by atomic mass is 9.95. The predicted molar refractivity (Wildman–Crippen MR) is 108 cm³/mol. The van der Waals surface area contributed by atoms with E-state index in [4.69, 9.17) is 11.6 Å². The smallest absolute Gasteiger partial charge is 0.262 e.